The van der Waals surface area contributed by atoms with Gasteiger partial charge in [-0.3, -0.25) is 4.79 Å². The van der Waals surface area contributed by atoms with Gasteiger partial charge < -0.3 is 9.73 Å². The lowest BCUT2D eigenvalue weighted by Crippen LogP contribution is -2.51. The van der Waals surface area contributed by atoms with Crippen LogP contribution in [0.15, 0.2) is 45.4 Å². The summed E-state index contributed by atoms with van der Waals surface area (Å²) in [7, 11) is 0. The van der Waals surface area contributed by atoms with E-state index in [0.717, 1.165) is 58.3 Å². The topological polar surface area (TPSA) is 68.0 Å². The molecular formula is C23H22BrN3O2. The number of hydrogen-bond acceptors (Lipinski definition) is 4. The summed E-state index contributed by atoms with van der Waals surface area (Å²) in [5.74, 6) is 2.94. The van der Waals surface area contributed by atoms with Crippen LogP contribution in [0.1, 0.15) is 38.5 Å². The molecule has 4 saturated carbocycles. The van der Waals surface area contributed by atoms with Crippen LogP contribution in [0.2, 0.25) is 0 Å². The van der Waals surface area contributed by atoms with E-state index in [0.29, 0.717) is 11.6 Å². The maximum atomic E-state index is 13.2. The molecule has 0 radical (unpaired) electrons. The highest BCUT2D eigenvalue weighted by Gasteiger charge is 2.54. The molecule has 0 unspecified atom stereocenters. The number of pyridine rings is 1. The third-order valence-electron chi connectivity index (χ3n) is 7.11. The molecule has 0 saturated heterocycles. The minimum atomic E-state index is -0.152. The summed E-state index contributed by atoms with van der Waals surface area (Å²) in [5.41, 5.74) is 2.76. The van der Waals surface area contributed by atoms with E-state index in [1.807, 2.05) is 30.3 Å². The molecule has 7 rings (SSSR count). The molecule has 4 aliphatic carbocycles. The molecule has 1 aromatic carbocycles. The lowest BCUT2D eigenvalue weighted by Gasteiger charge is -2.55. The van der Waals surface area contributed by atoms with Crippen molar-refractivity contribution in [2.45, 2.75) is 38.5 Å². The number of amides is 1. The van der Waals surface area contributed by atoms with E-state index in [4.69, 9.17) is 4.42 Å². The molecule has 0 aliphatic heterocycles. The SMILES string of the molecule is O=C(Nc1ccc(-c2nc3cc(Br)ccc3o2)nc1)C12CC3CC(CC(C3)C1)C2. The number of benzene rings is 1. The Bertz CT molecular complexity index is 1070. The second-order valence-electron chi connectivity index (χ2n) is 9.22. The molecule has 2 aromatic heterocycles. The van der Waals surface area contributed by atoms with Gasteiger partial charge in [0, 0.05) is 4.47 Å². The highest BCUT2D eigenvalue weighted by atomic mass is 79.9. The van der Waals surface area contributed by atoms with Gasteiger partial charge in [-0.15, -0.1) is 0 Å². The fourth-order valence-electron chi connectivity index (χ4n) is 6.26. The summed E-state index contributed by atoms with van der Waals surface area (Å²) in [6, 6.07) is 9.48. The van der Waals surface area contributed by atoms with E-state index in [2.05, 4.69) is 31.2 Å². The van der Waals surface area contributed by atoms with Gasteiger partial charge in [-0.25, -0.2) is 9.97 Å². The van der Waals surface area contributed by atoms with Crippen molar-refractivity contribution in [3.8, 4) is 11.6 Å². The van der Waals surface area contributed by atoms with Crippen molar-refractivity contribution >= 4 is 38.6 Å². The summed E-state index contributed by atoms with van der Waals surface area (Å²) >= 11 is 3.45. The van der Waals surface area contributed by atoms with E-state index in [9.17, 15) is 4.79 Å². The van der Waals surface area contributed by atoms with Crippen molar-refractivity contribution in [2.75, 3.05) is 5.32 Å². The molecule has 1 amide bonds. The first-order chi connectivity index (χ1) is 14.1. The number of rotatable bonds is 3. The summed E-state index contributed by atoms with van der Waals surface area (Å²) < 4.78 is 6.77. The number of carbonyl (C=O) groups excluding carboxylic acids is 1. The van der Waals surface area contributed by atoms with Crippen molar-refractivity contribution < 1.29 is 9.21 Å². The average Bonchev–Trinajstić information content (AvgIpc) is 3.10. The zero-order chi connectivity index (χ0) is 19.6. The minimum absolute atomic E-state index is 0.152. The Labute approximate surface area is 177 Å². The second-order valence-corrected chi connectivity index (χ2v) is 10.1. The van der Waals surface area contributed by atoms with Crippen molar-refractivity contribution in [1.82, 2.24) is 9.97 Å². The Kier molecular flexibility index (Phi) is 3.89. The number of oxazole rings is 1. The van der Waals surface area contributed by atoms with Crippen LogP contribution in [-0.4, -0.2) is 15.9 Å². The molecule has 29 heavy (non-hydrogen) atoms. The van der Waals surface area contributed by atoms with Gasteiger partial charge in [0.2, 0.25) is 11.8 Å². The normalized spacial score (nSPS) is 30.0. The highest BCUT2D eigenvalue weighted by Crippen LogP contribution is 2.60. The Balaban J connectivity index is 1.21. The predicted molar refractivity (Wildman–Crippen MR) is 114 cm³/mol. The molecule has 0 atom stereocenters. The van der Waals surface area contributed by atoms with Gasteiger partial charge in [-0.1, -0.05) is 15.9 Å². The van der Waals surface area contributed by atoms with Gasteiger partial charge in [0.05, 0.1) is 17.3 Å². The molecule has 4 aliphatic rings. The number of hydrogen-bond donors (Lipinski definition) is 1. The van der Waals surface area contributed by atoms with Crippen LogP contribution in [0.3, 0.4) is 0 Å². The number of nitrogens with zero attached hydrogens (tertiary/aromatic N) is 2. The van der Waals surface area contributed by atoms with Gasteiger partial charge in [-0.05, 0) is 86.6 Å². The van der Waals surface area contributed by atoms with Gasteiger partial charge in [0.1, 0.15) is 11.2 Å². The zero-order valence-electron chi connectivity index (χ0n) is 16.0. The summed E-state index contributed by atoms with van der Waals surface area (Å²) in [4.78, 5) is 22.2. The van der Waals surface area contributed by atoms with Crippen molar-refractivity contribution in [3.63, 3.8) is 0 Å². The quantitative estimate of drug-likeness (QED) is 0.545. The third-order valence-corrected chi connectivity index (χ3v) is 7.60. The lowest BCUT2D eigenvalue weighted by atomic mass is 9.49. The van der Waals surface area contributed by atoms with E-state index in [-0.39, 0.29) is 11.3 Å². The molecule has 148 valence electrons. The highest BCUT2D eigenvalue weighted by molar-refractivity contribution is 9.10. The molecule has 0 spiro atoms. The van der Waals surface area contributed by atoms with Gasteiger partial charge >= 0.3 is 0 Å². The van der Waals surface area contributed by atoms with Crippen LogP contribution in [0.5, 0.6) is 0 Å². The molecule has 6 heteroatoms. The number of anilines is 1. The Morgan fingerprint density at radius 3 is 2.45 bits per heavy atom. The number of nitrogens with one attached hydrogen (secondary N) is 1. The minimum Gasteiger partial charge on any atom is -0.435 e. The maximum absolute atomic E-state index is 13.2. The molecule has 2 heterocycles. The number of carbonyl (C=O) groups is 1. The van der Waals surface area contributed by atoms with E-state index >= 15 is 0 Å². The molecule has 4 bridgehead atoms. The Morgan fingerprint density at radius 1 is 1.07 bits per heavy atom. The van der Waals surface area contributed by atoms with Crippen LogP contribution in [0, 0.1) is 23.2 Å². The molecule has 1 N–H and O–H groups in total. The van der Waals surface area contributed by atoms with Crippen molar-refractivity contribution in [2.24, 2.45) is 23.2 Å². The molecule has 5 nitrogen and oxygen atoms in total. The predicted octanol–water partition coefficient (Wildman–Crippen LogP) is 5.81. The van der Waals surface area contributed by atoms with Crippen LogP contribution in [0.25, 0.3) is 22.7 Å². The first-order valence-electron chi connectivity index (χ1n) is 10.4. The maximum Gasteiger partial charge on any atom is 0.246 e. The monoisotopic (exact) mass is 451 g/mol. The summed E-state index contributed by atoms with van der Waals surface area (Å²) in [6.07, 6.45) is 8.91. The van der Waals surface area contributed by atoms with Gasteiger partial charge in [0.25, 0.3) is 0 Å². The number of fused-ring (bicyclic) bond motifs is 1. The summed E-state index contributed by atoms with van der Waals surface area (Å²) in [6.45, 7) is 0. The lowest BCUT2D eigenvalue weighted by molar-refractivity contribution is -0.140. The van der Waals surface area contributed by atoms with Crippen LogP contribution in [0.4, 0.5) is 5.69 Å². The van der Waals surface area contributed by atoms with Gasteiger partial charge in [-0.2, -0.15) is 0 Å². The average molecular weight is 452 g/mol. The van der Waals surface area contributed by atoms with Crippen molar-refractivity contribution in [1.29, 1.82) is 0 Å². The van der Waals surface area contributed by atoms with E-state index in [1.165, 1.54) is 19.3 Å². The zero-order valence-corrected chi connectivity index (χ0v) is 17.6. The Hall–Kier alpha value is -2.21. The van der Waals surface area contributed by atoms with Crippen LogP contribution in [-0.2, 0) is 4.79 Å². The standard InChI is InChI=1S/C23H22BrN3O2/c24-16-1-4-20-19(8-16)27-21(29-20)18-3-2-17(12-25-18)26-22(28)23-9-13-5-14(10-23)7-15(6-13)11-23/h1-4,8,12-15H,5-7,9-11H2,(H,26,28). The number of aromatic nitrogens is 2. The second kappa shape index (κ2) is 6.39. The van der Waals surface area contributed by atoms with Gasteiger partial charge in [0.15, 0.2) is 5.58 Å². The smallest absolute Gasteiger partial charge is 0.246 e. The largest absolute Gasteiger partial charge is 0.435 e. The van der Waals surface area contributed by atoms with E-state index < -0.39 is 0 Å². The van der Waals surface area contributed by atoms with Crippen LogP contribution < -0.4 is 5.32 Å². The first-order valence-corrected chi connectivity index (χ1v) is 11.2. The fourth-order valence-corrected chi connectivity index (χ4v) is 6.61. The molecular weight excluding hydrogens is 430 g/mol. The fraction of sp³-hybridized carbons (Fsp3) is 0.435. The Morgan fingerprint density at radius 2 is 1.79 bits per heavy atom. The summed E-state index contributed by atoms with van der Waals surface area (Å²) in [5, 5.41) is 3.15. The number of halogens is 1. The third kappa shape index (κ3) is 3.00. The first kappa shape index (κ1) is 17.6. The molecule has 3 aromatic rings. The van der Waals surface area contributed by atoms with E-state index in [1.54, 1.807) is 6.20 Å². The molecule has 4 fully saturated rings. The van der Waals surface area contributed by atoms with Crippen LogP contribution >= 0.6 is 15.9 Å². The van der Waals surface area contributed by atoms with Crippen molar-refractivity contribution in [3.05, 3.63) is 41.0 Å².